The molecule has 1 aliphatic heterocycles. The fraction of sp³-hybridized carbons (Fsp3) is 0.278. The standard InChI is InChI=1S/C36H37NO5/c1-5-39-35(38)24-41-30-15-11-27(12-16-30)22-36(29-13-17-31(18-14-29)42-25(2)3)26(4)33-21-32(19-20-34(33)37-36)40-23-28-9-7-6-8-10-28/h6-21,25H,5,22-24H2,1-4H3. The van der Waals surface area contributed by atoms with Crippen LogP contribution in [0.25, 0.3) is 5.57 Å². The van der Waals surface area contributed by atoms with Crippen molar-refractivity contribution in [3.8, 4) is 17.2 Å². The van der Waals surface area contributed by atoms with Gasteiger partial charge in [0.05, 0.1) is 18.1 Å². The van der Waals surface area contributed by atoms with Gasteiger partial charge >= 0.3 is 5.97 Å². The van der Waals surface area contributed by atoms with Crippen LogP contribution < -0.4 is 24.8 Å². The molecular formula is C36H37NO5. The first kappa shape index (κ1) is 28.9. The van der Waals surface area contributed by atoms with Crippen molar-refractivity contribution in [2.24, 2.45) is 4.99 Å². The lowest BCUT2D eigenvalue weighted by molar-refractivity contribution is -0.145. The maximum Gasteiger partial charge on any atom is 0.344 e. The van der Waals surface area contributed by atoms with Gasteiger partial charge in [-0.15, -0.1) is 0 Å². The molecule has 0 saturated carbocycles. The summed E-state index contributed by atoms with van der Waals surface area (Å²) in [5.41, 5.74) is 3.85. The van der Waals surface area contributed by atoms with Crippen LogP contribution in [0.1, 0.15) is 44.4 Å². The molecule has 216 valence electrons. The number of rotatable bonds is 12. The molecule has 42 heavy (non-hydrogen) atoms. The molecule has 6 heteroatoms. The summed E-state index contributed by atoms with van der Waals surface area (Å²) in [6.45, 7) is 8.69. The second-order valence-corrected chi connectivity index (χ2v) is 10.7. The van der Waals surface area contributed by atoms with E-state index in [1.807, 2.05) is 80.6 Å². The van der Waals surface area contributed by atoms with Crippen molar-refractivity contribution in [1.29, 1.82) is 0 Å². The quantitative estimate of drug-likeness (QED) is 0.200. The molecule has 5 rings (SSSR count). The number of benzene rings is 4. The maximum absolute atomic E-state index is 11.7. The SMILES string of the molecule is CCOC(=O)COc1ccc(CC2(c3ccc(OC(C)C)cc3)N=c3ccc(OCc4ccccc4)cc3=C2C)cc1. The van der Waals surface area contributed by atoms with E-state index in [0.717, 1.165) is 44.3 Å². The smallest absolute Gasteiger partial charge is 0.344 e. The van der Waals surface area contributed by atoms with E-state index in [4.69, 9.17) is 23.9 Å². The molecule has 4 aromatic carbocycles. The molecule has 6 nitrogen and oxygen atoms in total. The lowest BCUT2D eigenvalue weighted by Gasteiger charge is -2.30. The Hall–Kier alpha value is -4.58. The summed E-state index contributed by atoms with van der Waals surface area (Å²) < 4.78 is 22.6. The van der Waals surface area contributed by atoms with Crippen molar-refractivity contribution in [2.45, 2.75) is 52.4 Å². The molecule has 0 bridgehead atoms. The molecule has 0 aliphatic carbocycles. The average molecular weight is 564 g/mol. The fourth-order valence-electron chi connectivity index (χ4n) is 5.24. The van der Waals surface area contributed by atoms with Gasteiger partial charge in [0.25, 0.3) is 0 Å². The predicted octanol–water partition coefficient (Wildman–Crippen LogP) is 5.94. The van der Waals surface area contributed by atoms with Gasteiger partial charge in [0.1, 0.15) is 29.4 Å². The largest absolute Gasteiger partial charge is 0.491 e. The zero-order valence-electron chi connectivity index (χ0n) is 24.6. The minimum atomic E-state index is -0.607. The van der Waals surface area contributed by atoms with Crippen LogP contribution >= 0.6 is 0 Å². The third kappa shape index (κ3) is 6.65. The van der Waals surface area contributed by atoms with Gasteiger partial charge in [-0.3, -0.25) is 4.99 Å². The highest BCUT2D eigenvalue weighted by atomic mass is 16.6. The number of carbonyl (C=O) groups is 1. The molecular weight excluding hydrogens is 526 g/mol. The molecule has 0 spiro atoms. The number of esters is 1. The summed E-state index contributed by atoms with van der Waals surface area (Å²) in [5.74, 6) is 1.87. The summed E-state index contributed by atoms with van der Waals surface area (Å²) >= 11 is 0. The van der Waals surface area contributed by atoms with Crippen molar-refractivity contribution >= 4 is 11.5 Å². The van der Waals surface area contributed by atoms with Crippen LogP contribution in [0.15, 0.2) is 102 Å². The van der Waals surface area contributed by atoms with E-state index in [1.165, 1.54) is 0 Å². The van der Waals surface area contributed by atoms with Gasteiger partial charge in [-0.05, 0) is 92.4 Å². The summed E-state index contributed by atoms with van der Waals surface area (Å²) in [6.07, 6.45) is 0.744. The second-order valence-electron chi connectivity index (χ2n) is 10.7. The zero-order chi connectivity index (χ0) is 29.5. The summed E-state index contributed by atoms with van der Waals surface area (Å²) in [7, 11) is 0. The predicted molar refractivity (Wildman–Crippen MR) is 163 cm³/mol. The van der Waals surface area contributed by atoms with Crippen LogP contribution in [0.3, 0.4) is 0 Å². The second kappa shape index (κ2) is 12.9. The molecule has 0 saturated heterocycles. The lowest BCUT2D eigenvalue weighted by Crippen LogP contribution is -2.27. The molecule has 0 fully saturated rings. The Labute approximate surface area is 247 Å². The van der Waals surface area contributed by atoms with Gasteiger partial charge < -0.3 is 18.9 Å². The third-order valence-corrected chi connectivity index (χ3v) is 7.30. The molecule has 1 unspecified atom stereocenters. The molecule has 1 aliphatic rings. The third-order valence-electron chi connectivity index (χ3n) is 7.30. The number of hydrogen-bond donors (Lipinski definition) is 0. The Kier molecular flexibility index (Phi) is 8.91. The first-order valence-corrected chi connectivity index (χ1v) is 14.4. The van der Waals surface area contributed by atoms with E-state index in [1.54, 1.807) is 6.92 Å². The van der Waals surface area contributed by atoms with Gasteiger partial charge in [0, 0.05) is 11.6 Å². The molecule has 0 N–H and O–H groups in total. The van der Waals surface area contributed by atoms with Gasteiger partial charge in [-0.2, -0.15) is 0 Å². The van der Waals surface area contributed by atoms with E-state index >= 15 is 0 Å². The number of hydrogen-bond acceptors (Lipinski definition) is 6. The van der Waals surface area contributed by atoms with E-state index < -0.39 is 5.54 Å². The van der Waals surface area contributed by atoms with Crippen LogP contribution in [0, 0.1) is 0 Å². The molecule has 1 atom stereocenters. The van der Waals surface area contributed by atoms with Crippen molar-refractivity contribution < 1.29 is 23.7 Å². The zero-order valence-corrected chi connectivity index (χ0v) is 24.6. The molecule has 4 aromatic rings. The number of ether oxygens (including phenoxy) is 4. The summed E-state index contributed by atoms with van der Waals surface area (Å²) in [4.78, 5) is 17.1. The van der Waals surface area contributed by atoms with E-state index in [9.17, 15) is 4.79 Å². The number of nitrogens with zero attached hydrogens (tertiary/aromatic N) is 1. The minimum Gasteiger partial charge on any atom is -0.491 e. The highest BCUT2D eigenvalue weighted by Crippen LogP contribution is 2.40. The molecule has 0 aromatic heterocycles. The van der Waals surface area contributed by atoms with Crippen molar-refractivity contribution in [2.75, 3.05) is 13.2 Å². The Morgan fingerprint density at radius 1 is 0.810 bits per heavy atom. The molecule has 0 amide bonds. The van der Waals surface area contributed by atoms with Crippen LogP contribution in [0.4, 0.5) is 0 Å². The van der Waals surface area contributed by atoms with Gasteiger partial charge in [-0.1, -0.05) is 54.6 Å². The highest BCUT2D eigenvalue weighted by Gasteiger charge is 2.37. The first-order valence-electron chi connectivity index (χ1n) is 14.4. The van der Waals surface area contributed by atoms with Crippen molar-refractivity contribution in [3.63, 3.8) is 0 Å². The maximum atomic E-state index is 11.7. The minimum absolute atomic E-state index is 0.0948. The van der Waals surface area contributed by atoms with Gasteiger partial charge in [-0.25, -0.2) is 4.79 Å². The van der Waals surface area contributed by atoms with Crippen LogP contribution in [-0.2, 0) is 28.1 Å². The monoisotopic (exact) mass is 563 g/mol. The van der Waals surface area contributed by atoms with E-state index in [2.05, 4.69) is 37.3 Å². The number of carbonyl (C=O) groups excluding carboxylic acids is 1. The van der Waals surface area contributed by atoms with E-state index in [-0.39, 0.29) is 18.7 Å². The molecule has 0 radical (unpaired) electrons. The van der Waals surface area contributed by atoms with Gasteiger partial charge in [0.2, 0.25) is 0 Å². The molecule has 1 heterocycles. The summed E-state index contributed by atoms with van der Waals surface area (Å²) in [6, 6.07) is 32.4. The van der Waals surface area contributed by atoms with Crippen molar-refractivity contribution in [1.82, 2.24) is 0 Å². The lowest BCUT2D eigenvalue weighted by atomic mass is 9.79. The Morgan fingerprint density at radius 2 is 1.50 bits per heavy atom. The Balaban J connectivity index is 1.46. The topological polar surface area (TPSA) is 66.4 Å². The van der Waals surface area contributed by atoms with Crippen LogP contribution in [-0.4, -0.2) is 25.3 Å². The number of fused-ring (bicyclic) bond motifs is 1. The fourth-order valence-corrected chi connectivity index (χ4v) is 5.24. The van der Waals surface area contributed by atoms with Crippen LogP contribution in [0.5, 0.6) is 17.2 Å². The van der Waals surface area contributed by atoms with Crippen molar-refractivity contribution in [3.05, 3.63) is 124 Å². The normalized spacial score (nSPS) is 15.6. The Morgan fingerprint density at radius 3 is 2.19 bits per heavy atom. The summed E-state index contributed by atoms with van der Waals surface area (Å²) in [5, 5.41) is 2.02. The van der Waals surface area contributed by atoms with Gasteiger partial charge in [0.15, 0.2) is 6.61 Å². The average Bonchev–Trinajstić information content (AvgIpc) is 3.27. The van der Waals surface area contributed by atoms with Crippen LogP contribution in [0.2, 0.25) is 0 Å². The highest BCUT2D eigenvalue weighted by molar-refractivity contribution is 5.71. The Bertz CT molecular complexity index is 1630. The first-order chi connectivity index (χ1) is 20.4. The van der Waals surface area contributed by atoms with E-state index in [0.29, 0.717) is 25.4 Å².